The van der Waals surface area contributed by atoms with E-state index < -0.39 is 0 Å². The molecule has 0 aromatic rings. The van der Waals surface area contributed by atoms with Gasteiger partial charge in [-0.2, -0.15) is 0 Å². The summed E-state index contributed by atoms with van der Waals surface area (Å²) in [6.45, 7) is 5.48. The second-order valence-electron chi connectivity index (χ2n) is 4.61. The predicted octanol–water partition coefficient (Wildman–Crippen LogP) is 1.56. The van der Waals surface area contributed by atoms with Crippen molar-refractivity contribution in [2.75, 3.05) is 19.7 Å². The molecule has 2 heteroatoms. The Morgan fingerprint density at radius 1 is 1.33 bits per heavy atom. The molecular formula is C10H19NO. The molecule has 70 valence electrons. The zero-order valence-electron chi connectivity index (χ0n) is 7.94. The van der Waals surface area contributed by atoms with Gasteiger partial charge in [-0.3, -0.25) is 0 Å². The van der Waals surface area contributed by atoms with Crippen LogP contribution in [0.4, 0.5) is 0 Å². The summed E-state index contributed by atoms with van der Waals surface area (Å²) >= 11 is 0. The lowest BCUT2D eigenvalue weighted by Gasteiger charge is -2.32. The van der Waals surface area contributed by atoms with Gasteiger partial charge in [0.05, 0.1) is 12.7 Å². The molecule has 0 atom stereocenters. The van der Waals surface area contributed by atoms with Crippen molar-refractivity contribution in [3.05, 3.63) is 0 Å². The highest BCUT2D eigenvalue weighted by Crippen LogP contribution is 2.37. The van der Waals surface area contributed by atoms with Gasteiger partial charge < -0.3 is 10.1 Å². The van der Waals surface area contributed by atoms with Crippen LogP contribution in [0.3, 0.4) is 0 Å². The van der Waals surface area contributed by atoms with E-state index >= 15 is 0 Å². The van der Waals surface area contributed by atoms with Crippen LogP contribution in [0.2, 0.25) is 0 Å². The first-order valence-electron chi connectivity index (χ1n) is 5.11. The molecule has 2 nitrogen and oxygen atoms in total. The zero-order chi connectivity index (χ0) is 8.44. The van der Waals surface area contributed by atoms with Gasteiger partial charge in [0.1, 0.15) is 0 Å². The summed E-state index contributed by atoms with van der Waals surface area (Å²) in [4.78, 5) is 0. The molecule has 0 bridgehead atoms. The summed E-state index contributed by atoms with van der Waals surface area (Å²) < 4.78 is 5.80. The number of ether oxygens (including phenoxy) is 1. The first-order valence-corrected chi connectivity index (χ1v) is 5.11. The maximum absolute atomic E-state index is 5.80. The highest BCUT2D eigenvalue weighted by atomic mass is 16.5. The van der Waals surface area contributed by atoms with E-state index in [9.17, 15) is 0 Å². The van der Waals surface area contributed by atoms with Crippen molar-refractivity contribution in [2.45, 2.75) is 38.7 Å². The fraction of sp³-hybridized carbons (Fsp3) is 1.00. The third kappa shape index (κ3) is 1.80. The highest BCUT2D eigenvalue weighted by molar-refractivity contribution is 4.82. The molecule has 12 heavy (non-hydrogen) atoms. The van der Waals surface area contributed by atoms with Crippen LogP contribution in [0.1, 0.15) is 32.6 Å². The van der Waals surface area contributed by atoms with Gasteiger partial charge in [0.15, 0.2) is 0 Å². The van der Waals surface area contributed by atoms with E-state index in [0.717, 1.165) is 19.7 Å². The van der Waals surface area contributed by atoms with Crippen LogP contribution in [-0.2, 0) is 4.74 Å². The van der Waals surface area contributed by atoms with Crippen molar-refractivity contribution >= 4 is 0 Å². The molecule has 0 amide bonds. The first-order chi connectivity index (χ1) is 5.79. The molecule has 2 fully saturated rings. The molecule has 0 unspecified atom stereocenters. The van der Waals surface area contributed by atoms with Crippen LogP contribution in [0.15, 0.2) is 0 Å². The maximum atomic E-state index is 5.80. The van der Waals surface area contributed by atoms with Crippen LogP contribution in [0.5, 0.6) is 0 Å². The third-order valence-electron chi connectivity index (χ3n) is 3.22. The van der Waals surface area contributed by atoms with Crippen molar-refractivity contribution in [1.82, 2.24) is 5.32 Å². The molecule has 1 aliphatic carbocycles. The maximum Gasteiger partial charge on any atom is 0.0823 e. The van der Waals surface area contributed by atoms with Crippen molar-refractivity contribution in [3.63, 3.8) is 0 Å². The lowest BCUT2D eigenvalue weighted by molar-refractivity contribution is -0.0254. The Hall–Kier alpha value is -0.0800. The summed E-state index contributed by atoms with van der Waals surface area (Å²) in [6, 6.07) is 0. The molecule has 0 aromatic heterocycles. The Labute approximate surface area is 74.7 Å². The molecule has 1 saturated carbocycles. The molecule has 1 aliphatic heterocycles. The van der Waals surface area contributed by atoms with E-state index in [2.05, 4.69) is 12.2 Å². The quantitative estimate of drug-likeness (QED) is 0.692. The Morgan fingerprint density at radius 3 is 2.50 bits per heavy atom. The summed E-state index contributed by atoms with van der Waals surface area (Å²) in [6.07, 6.45) is 6.06. The fourth-order valence-corrected chi connectivity index (χ4v) is 2.07. The molecule has 1 N–H and O–H groups in total. The molecule has 0 aromatic carbocycles. The average molecular weight is 169 g/mol. The summed E-state index contributed by atoms with van der Waals surface area (Å²) in [5, 5.41) is 3.22. The van der Waals surface area contributed by atoms with Gasteiger partial charge in [0.2, 0.25) is 0 Å². The number of rotatable bonds is 3. The predicted molar refractivity (Wildman–Crippen MR) is 49.2 cm³/mol. The minimum atomic E-state index is 0.510. The molecule has 0 radical (unpaired) electrons. The third-order valence-corrected chi connectivity index (χ3v) is 3.22. The van der Waals surface area contributed by atoms with Crippen molar-refractivity contribution in [3.8, 4) is 0 Å². The van der Waals surface area contributed by atoms with Crippen molar-refractivity contribution < 1.29 is 4.74 Å². The highest BCUT2D eigenvalue weighted by Gasteiger charge is 2.30. The molecule has 1 heterocycles. The van der Waals surface area contributed by atoms with Crippen LogP contribution in [-0.4, -0.2) is 25.8 Å². The van der Waals surface area contributed by atoms with E-state index in [4.69, 9.17) is 4.74 Å². The molecule has 2 aliphatic rings. The molecular weight excluding hydrogens is 150 g/mol. The number of hydrogen-bond donors (Lipinski definition) is 1. The van der Waals surface area contributed by atoms with E-state index in [1.165, 1.54) is 25.7 Å². The van der Waals surface area contributed by atoms with Crippen LogP contribution in [0, 0.1) is 5.41 Å². The van der Waals surface area contributed by atoms with Crippen LogP contribution >= 0.6 is 0 Å². The Balaban J connectivity index is 1.70. The van der Waals surface area contributed by atoms with Gasteiger partial charge in [-0.1, -0.05) is 19.8 Å². The van der Waals surface area contributed by atoms with Crippen LogP contribution < -0.4 is 5.32 Å². The molecule has 0 spiro atoms. The number of nitrogens with one attached hydrogen (secondary N) is 1. The Morgan fingerprint density at radius 2 is 2.00 bits per heavy atom. The largest absolute Gasteiger partial charge is 0.375 e. The topological polar surface area (TPSA) is 21.3 Å². The average Bonchev–Trinajstić information content (AvgIpc) is 2.33. The SMILES string of the molecule is CC1(COC2CNC2)CCCC1. The number of hydrogen-bond acceptors (Lipinski definition) is 2. The van der Waals surface area contributed by atoms with E-state index in [1.807, 2.05) is 0 Å². The minimum Gasteiger partial charge on any atom is -0.375 e. The molecule has 2 rings (SSSR count). The lowest BCUT2D eigenvalue weighted by Crippen LogP contribution is -2.49. The second kappa shape index (κ2) is 3.35. The van der Waals surface area contributed by atoms with Crippen molar-refractivity contribution in [1.29, 1.82) is 0 Å². The zero-order valence-corrected chi connectivity index (χ0v) is 7.94. The van der Waals surface area contributed by atoms with Crippen LogP contribution in [0.25, 0.3) is 0 Å². The first kappa shape index (κ1) is 8.52. The van der Waals surface area contributed by atoms with Crippen molar-refractivity contribution in [2.24, 2.45) is 5.41 Å². The van der Waals surface area contributed by atoms with E-state index in [-0.39, 0.29) is 0 Å². The fourth-order valence-electron chi connectivity index (χ4n) is 2.07. The smallest absolute Gasteiger partial charge is 0.0823 e. The summed E-state index contributed by atoms with van der Waals surface area (Å²) in [5.74, 6) is 0. The van der Waals surface area contributed by atoms with Gasteiger partial charge in [0.25, 0.3) is 0 Å². The Kier molecular flexibility index (Phi) is 2.37. The van der Waals surface area contributed by atoms with Gasteiger partial charge in [-0.25, -0.2) is 0 Å². The monoisotopic (exact) mass is 169 g/mol. The van der Waals surface area contributed by atoms with Gasteiger partial charge >= 0.3 is 0 Å². The normalized spacial score (nSPS) is 28.8. The lowest BCUT2D eigenvalue weighted by atomic mass is 9.90. The van der Waals surface area contributed by atoms with Gasteiger partial charge in [-0.15, -0.1) is 0 Å². The van der Waals surface area contributed by atoms with Gasteiger partial charge in [-0.05, 0) is 18.3 Å². The van der Waals surface area contributed by atoms with E-state index in [0.29, 0.717) is 11.5 Å². The van der Waals surface area contributed by atoms with Gasteiger partial charge in [0, 0.05) is 13.1 Å². The second-order valence-corrected chi connectivity index (χ2v) is 4.61. The summed E-state index contributed by atoms with van der Waals surface area (Å²) in [7, 11) is 0. The molecule has 1 saturated heterocycles. The summed E-state index contributed by atoms with van der Waals surface area (Å²) in [5.41, 5.74) is 0.510. The Bertz CT molecular complexity index is 148. The standard InChI is InChI=1S/C10H19NO/c1-10(4-2-3-5-10)8-12-9-6-11-7-9/h9,11H,2-8H2,1H3. The minimum absolute atomic E-state index is 0.510. The van der Waals surface area contributed by atoms with E-state index in [1.54, 1.807) is 0 Å².